The van der Waals surface area contributed by atoms with Crippen molar-refractivity contribution in [2.24, 2.45) is 0 Å². The quantitative estimate of drug-likeness (QED) is 0.633. The first-order valence-corrected chi connectivity index (χ1v) is 8.40. The molecule has 22 heavy (non-hydrogen) atoms. The van der Waals surface area contributed by atoms with E-state index in [1.54, 1.807) is 12.1 Å². The molecule has 6 heteroatoms. The zero-order chi connectivity index (χ0) is 15.5. The van der Waals surface area contributed by atoms with Gasteiger partial charge in [0.15, 0.2) is 5.82 Å². The molecule has 3 nitrogen and oxygen atoms in total. The second-order valence-corrected chi connectivity index (χ2v) is 6.92. The Morgan fingerprint density at radius 3 is 2.59 bits per heavy atom. The van der Waals surface area contributed by atoms with Gasteiger partial charge in [0, 0.05) is 15.3 Å². The van der Waals surface area contributed by atoms with Gasteiger partial charge in [-0.2, -0.15) is 0 Å². The first-order chi connectivity index (χ1) is 10.6. The number of hydrogen-bond acceptors (Lipinski definition) is 3. The second-order valence-electron chi connectivity index (χ2n) is 4.76. The van der Waals surface area contributed by atoms with Crippen LogP contribution < -0.4 is 0 Å². The molecule has 1 atom stereocenters. The van der Waals surface area contributed by atoms with Crippen molar-refractivity contribution in [2.45, 2.75) is 17.3 Å². The fraction of sp³-hybridized carbons (Fsp3) is 0.125. The highest BCUT2D eigenvalue weighted by molar-refractivity contribution is 9.10. The lowest BCUT2D eigenvalue weighted by atomic mass is 10.2. The minimum Gasteiger partial charge on any atom is -0.258 e. The molecule has 3 aromatic rings. The molecule has 0 bridgehead atoms. The van der Waals surface area contributed by atoms with Crippen LogP contribution >= 0.6 is 27.7 Å². The smallest absolute Gasteiger partial charge is 0.209 e. The lowest BCUT2D eigenvalue weighted by Gasteiger charge is -2.08. The van der Waals surface area contributed by atoms with Crippen molar-refractivity contribution < 1.29 is 4.39 Å². The molecule has 3 rings (SSSR count). The highest BCUT2D eigenvalue weighted by atomic mass is 79.9. The van der Waals surface area contributed by atoms with E-state index in [9.17, 15) is 4.39 Å². The van der Waals surface area contributed by atoms with Crippen LogP contribution in [0.25, 0.3) is 11.4 Å². The summed E-state index contributed by atoms with van der Waals surface area (Å²) in [6.07, 6.45) is 0. The van der Waals surface area contributed by atoms with Crippen molar-refractivity contribution in [3.63, 3.8) is 0 Å². The Morgan fingerprint density at radius 2 is 1.86 bits per heavy atom. The Hall–Kier alpha value is -1.66. The fourth-order valence-corrected chi connectivity index (χ4v) is 3.36. The molecule has 0 amide bonds. The Labute approximate surface area is 140 Å². The predicted octanol–water partition coefficient (Wildman–Crippen LogP) is 5.23. The average molecular weight is 378 g/mol. The molecule has 0 aliphatic heterocycles. The highest BCUT2D eigenvalue weighted by Gasteiger charge is 2.13. The van der Waals surface area contributed by atoms with Crippen LogP contribution in [0.15, 0.2) is 58.2 Å². The van der Waals surface area contributed by atoms with Gasteiger partial charge < -0.3 is 0 Å². The zero-order valence-electron chi connectivity index (χ0n) is 11.8. The molecular weight excluding hydrogens is 365 g/mol. The molecule has 112 valence electrons. The summed E-state index contributed by atoms with van der Waals surface area (Å²) in [5.74, 6) is 0.497. The average Bonchev–Trinajstić information content (AvgIpc) is 2.96. The summed E-state index contributed by atoms with van der Waals surface area (Å²) in [5, 5.41) is 8.02. The third-order valence-electron chi connectivity index (χ3n) is 3.22. The first kappa shape index (κ1) is 15.2. The monoisotopic (exact) mass is 377 g/mol. The number of thioether (sulfide) groups is 1. The third kappa shape index (κ3) is 3.39. The van der Waals surface area contributed by atoms with Gasteiger partial charge in [0.1, 0.15) is 5.82 Å². The molecule has 0 aliphatic carbocycles. The van der Waals surface area contributed by atoms with E-state index in [1.807, 2.05) is 31.2 Å². The number of hydrogen-bond donors (Lipinski definition) is 1. The normalized spacial score (nSPS) is 12.3. The third-order valence-corrected chi connectivity index (χ3v) is 4.93. The van der Waals surface area contributed by atoms with Crippen molar-refractivity contribution >= 4 is 27.7 Å². The second kappa shape index (κ2) is 6.62. The molecule has 0 radical (unpaired) electrons. The van der Waals surface area contributed by atoms with Gasteiger partial charge in [0.2, 0.25) is 5.16 Å². The van der Waals surface area contributed by atoms with E-state index in [-0.39, 0.29) is 11.1 Å². The van der Waals surface area contributed by atoms with E-state index in [2.05, 4.69) is 31.1 Å². The van der Waals surface area contributed by atoms with Crippen LogP contribution in [0.5, 0.6) is 0 Å². The van der Waals surface area contributed by atoms with Gasteiger partial charge in [0.05, 0.1) is 0 Å². The molecule has 0 unspecified atom stereocenters. The van der Waals surface area contributed by atoms with E-state index in [1.165, 1.54) is 23.9 Å². The van der Waals surface area contributed by atoms with Crippen LogP contribution in [0.2, 0.25) is 0 Å². The lowest BCUT2D eigenvalue weighted by Crippen LogP contribution is -1.89. The molecule has 2 aromatic carbocycles. The maximum Gasteiger partial charge on any atom is 0.209 e. The van der Waals surface area contributed by atoms with E-state index >= 15 is 0 Å². The van der Waals surface area contributed by atoms with Gasteiger partial charge in [-0.1, -0.05) is 58.0 Å². The number of H-pyrrole nitrogens is 1. The molecule has 0 saturated carbocycles. The number of benzene rings is 2. The van der Waals surface area contributed by atoms with Crippen LogP contribution in [0.3, 0.4) is 0 Å². The SMILES string of the molecule is C[C@@H](Sc1n[nH]c(-c2ccccc2Br)n1)c1ccc(F)cc1. The Kier molecular flexibility index (Phi) is 4.59. The molecule has 0 saturated heterocycles. The predicted molar refractivity (Wildman–Crippen MR) is 90.2 cm³/mol. The number of aromatic amines is 1. The number of nitrogens with zero attached hydrogens (tertiary/aromatic N) is 2. The van der Waals surface area contributed by atoms with Gasteiger partial charge in [-0.15, -0.1) is 5.10 Å². The summed E-state index contributed by atoms with van der Waals surface area (Å²) < 4.78 is 13.9. The van der Waals surface area contributed by atoms with E-state index < -0.39 is 0 Å². The Bertz CT molecular complexity index is 773. The molecule has 1 N–H and O–H groups in total. The minimum atomic E-state index is -0.227. The number of rotatable bonds is 4. The van der Waals surface area contributed by atoms with Crippen molar-refractivity contribution in [2.75, 3.05) is 0 Å². The molecule has 0 spiro atoms. The van der Waals surface area contributed by atoms with Crippen LogP contribution in [0.4, 0.5) is 4.39 Å². The summed E-state index contributed by atoms with van der Waals surface area (Å²) in [6, 6.07) is 14.4. The topological polar surface area (TPSA) is 41.6 Å². The van der Waals surface area contributed by atoms with Gasteiger partial charge in [0.25, 0.3) is 0 Å². The van der Waals surface area contributed by atoms with Crippen LogP contribution in [0, 0.1) is 5.82 Å². The maximum atomic E-state index is 13.0. The van der Waals surface area contributed by atoms with Crippen LogP contribution in [0.1, 0.15) is 17.7 Å². The number of halogens is 2. The van der Waals surface area contributed by atoms with Crippen molar-refractivity contribution in [3.8, 4) is 11.4 Å². The van der Waals surface area contributed by atoms with E-state index in [0.717, 1.165) is 21.4 Å². The maximum absolute atomic E-state index is 13.0. The lowest BCUT2D eigenvalue weighted by molar-refractivity contribution is 0.627. The van der Waals surface area contributed by atoms with Crippen molar-refractivity contribution in [3.05, 3.63) is 64.4 Å². The van der Waals surface area contributed by atoms with Gasteiger partial charge >= 0.3 is 0 Å². The molecule has 1 aromatic heterocycles. The van der Waals surface area contributed by atoms with Gasteiger partial charge in [-0.3, -0.25) is 5.10 Å². The minimum absolute atomic E-state index is 0.142. The summed E-state index contributed by atoms with van der Waals surface area (Å²) in [7, 11) is 0. The Morgan fingerprint density at radius 1 is 1.14 bits per heavy atom. The van der Waals surface area contributed by atoms with E-state index in [0.29, 0.717) is 5.16 Å². The van der Waals surface area contributed by atoms with Gasteiger partial charge in [-0.25, -0.2) is 9.37 Å². The molecular formula is C16H13BrFN3S. The summed E-state index contributed by atoms with van der Waals surface area (Å²) in [4.78, 5) is 4.52. The molecule has 0 aliphatic rings. The zero-order valence-corrected chi connectivity index (χ0v) is 14.2. The highest BCUT2D eigenvalue weighted by Crippen LogP contribution is 2.34. The van der Waals surface area contributed by atoms with Crippen LogP contribution in [-0.4, -0.2) is 15.2 Å². The standard InChI is InChI=1S/C16H13BrFN3S/c1-10(11-6-8-12(18)9-7-11)22-16-19-15(20-21-16)13-4-2-3-5-14(13)17/h2-10H,1H3,(H,19,20,21)/t10-/m1/s1. The first-order valence-electron chi connectivity index (χ1n) is 6.73. The molecule has 1 heterocycles. The molecule has 0 fully saturated rings. The Balaban J connectivity index is 1.77. The summed E-state index contributed by atoms with van der Waals surface area (Å²) in [6.45, 7) is 2.05. The number of nitrogens with one attached hydrogen (secondary N) is 1. The van der Waals surface area contributed by atoms with Crippen molar-refractivity contribution in [1.82, 2.24) is 15.2 Å². The summed E-state index contributed by atoms with van der Waals surface area (Å²) >= 11 is 5.04. The van der Waals surface area contributed by atoms with Crippen LogP contribution in [-0.2, 0) is 0 Å². The summed E-state index contributed by atoms with van der Waals surface area (Å²) in [5.41, 5.74) is 2.01. The largest absolute Gasteiger partial charge is 0.258 e. The van der Waals surface area contributed by atoms with Gasteiger partial charge in [-0.05, 0) is 30.7 Å². The fourth-order valence-electron chi connectivity index (χ4n) is 2.03. The number of aromatic nitrogens is 3. The van der Waals surface area contributed by atoms with Crippen molar-refractivity contribution in [1.29, 1.82) is 0 Å². The van der Waals surface area contributed by atoms with E-state index in [4.69, 9.17) is 0 Å².